The number of aromatic nitrogens is 1. The molecule has 0 aliphatic carbocycles. The molecule has 0 saturated heterocycles. The molecule has 0 aliphatic heterocycles. The fourth-order valence-electron chi connectivity index (χ4n) is 2.85. The maximum absolute atomic E-state index is 13.3. The van der Waals surface area contributed by atoms with E-state index >= 15 is 0 Å². The summed E-state index contributed by atoms with van der Waals surface area (Å²) in [6, 6.07) is 11.7. The lowest BCUT2D eigenvalue weighted by Gasteiger charge is -2.18. The first-order chi connectivity index (χ1) is 16.4. The third-order valence-corrected chi connectivity index (χ3v) is 6.59. The van der Waals surface area contributed by atoms with Gasteiger partial charge in [-0.15, -0.1) is 0 Å². The third-order valence-electron chi connectivity index (χ3n) is 4.53. The van der Waals surface area contributed by atoms with Crippen LogP contribution in [0.4, 0.5) is 13.2 Å². The molecule has 7 nitrogen and oxygen atoms in total. The molecule has 186 valence electrons. The highest BCUT2D eigenvalue weighted by molar-refractivity contribution is 7.91. The molecule has 0 aliphatic rings. The second kappa shape index (κ2) is 10.5. The van der Waals surface area contributed by atoms with Gasteiger partial charge in [-0.2, -0.15) is 13.2 Å². The number of carbonyl (C=O) groups is 1. The summed E-state index contributed by atoms with van der Waals surface area (Å²) in [5.74, 6) is -1.31. The number of hydrogen-bond acceptors (Lipinski definition) is 7. The molecule has 35 heavy (non-hydrogen) atoms. The van der Waals surface area contributed by atoms with E-state index in [-0.39, 0.29) is 33.8 Å². The number of rotatable bonds is 8. The standard InChI is InChI=1S/C23H19ClF3NO6S/c1-3-32-22(29)14(2)33-19-10-9-16(12-20(19)35(30,31)17-7-5-4-6-8-17)34-21-18(24)11-15(13-28-21)23(25,26)27/h4-14H,3H2,1-2H3/t14-/m1/s1. The van der Waals surface area contributed by atoms with Gasteiger partial charge in [0.05, 0.1) is 17.1 Å². The van der Waals surface area contributed by atoms with Crippen LogP contribution in [0.1, 0.15) is 19.4 Å². The van der Waals surface area contributed by atoms with E-state index < -0.39 is 38.7 Å². The van der Waals surface area contributed by atoms with Gasteiger partial charge in [-0.05, 0) is 44.2 Å². The second-order valence-electron chi connectivity index (χ2n) is 7.05. The first-order valence-electron chi connectivity index (χ1n) is 10.1. The number of sulfone groups is 1. The molecule has 2 aromatic carbocycles. The number of carbonyl (C=O) groups excluding carboxylic acids is 1. The zero-order valence-corrected chi connectivity index (χ0v) is 19.9. The monoisotopic (exact) mass is 529 g/mol. The number of halogens is 4. The lowest BCUT2D eigenvalue weighted by molar-refractivity contribution is -0.150. The largest absolute Gasteiger partial charge is 0.478 e. The molecule has 1 aromatic heterocycles. The number of ether oxygens (including phenoxy) is 3. The van der Waals surface area contributed by atoms with Crippen molar-refractivity contribution in [2.45, 2.75) is 35.9 Å². The van der Waals surface area contributed by atoms with Gasteiger partial charge in [0.25, 0.3) is 0 Å². The minimum Gasteiger partial charge on any atom is -0.478 e. The lowest BCUT2D eigenvalue weighted by atomic mass is 10.3. The van der Waals surface area contributed by atoms with Crippen LogP contribution in [0.15, 0.2) is 70.6 Å². The lowest BCUT2D eigenvalue weighted by Crippen LogP contribution is -2.26. The van der Waals surface area contributed by atoms with Gasteiger partial charge in [0.15, 0.2) is 6.10 Å². The summed E-state index contributed by atoms with van der Waals surface area (Å²) in [6.45, 7) is 3.12. The van der Waals surface area contributed by atoms with Crippen LogP contribution >= 0.6 is 11.6 Å². The Morgan fingerprint density at radius 2 is 1.80 bits per heavy atom. The van der Waals surface area contributed by atoms with Crippen molar-refractivity contribution < 1.29 is 40.6 Å². The minimum atomic E-state index is -4.65. The molecule has 0 N–H and O–H groups in total. The molecule has 0 radical (unpaired) electrons. The number of benzene rings is 2. The van der Waals surface area contributed by atoms with Gasteiger partial charge in [0.2, 0.25) is 15.7 Å². The highest BCUT2D eigenvalue weighted by Gasteiger charge is 2.32. The van der Waals surface area contributed by atoms with Crippen LogP contribution in [0.3, 0.4) is 0 Å². The molecule has 1 atom stereocenters. The normalized spacial score (nSPS) is 12.6. The molecule has 0 spiro atoms. The van der Waals surface area contributed by atoms with Gasteiger partial charge in [0.1, 0.15) is 21.4 Å². The summed E-state index contributed by atoms with van der Waals surface area (Å²) in [5, 5.41) is -0.427. The first-order valence-corrected chi connectivity index (χ1v) is 12.0. The Labute approximate surface area is 204 Å². The van der Waals surface area contributed by atoms with E-state index in [1.165, 1.54) is 43.3 Å². The van der Waals surface area contributed by atoms with Crippen molar-refractivity contribution in [2.75, 3.05) is 6.61 Å². The molecule has 0 bridgehead atoms. The third kappa shape index (κ3) is 6.23. The summed E-state index contributed by atoms with van der Waals surface area (Å²) in [7, 11) is -4.16. The topological polar surface area (TPSA) is 91.8 Å². The molecule has 0 amide bonds. The first kappa shape index (κ1) is 26.3. The van der Waals surface area contributed by atoms with E-state index in [1.807, 2.05) is 0 Å². The van der Waals surface area contributed by atoms with E-state index in [0.29, 0.717) is 12.3 Å². The number of nitrogens with zero attached hydrogens (tertiary/aromatic N) is 1. The summed E-state index contributed by atoms with van der Waals surface area (Å²) in [6.07, 6.45) is -5.24. The van der Waals surface area contributed by atoms with Crippen LogP contribution in [0.5, 0.6) is 17.4 Å². The van der Waals surface area contributed by atoms with E-state index in [9.17, 15) is 26.4 Å². The van der Waals surface area contributed by atoms with Crippen molar-refractivity contribution in [3.05, 3.63) is 71.4 Å². The van der Waals surface area contributed by atoms with E-state index in [4.69, 9.17) is 25.8 Å². The Kier molecular flexibility index (Phi) is 7.91. The fourth-order valence-corrected chi connectivity index (χ4v) is 4.48. The Morgan fingerprint density at radius 1 is 1.11 bits per heavy atom. The molecule has 0 unspecified atom stereocenters. The Hall–Kier alpha value is -3.31. The molecule has 0 fully saturated rings. The summed E-state index contributed by atoms with van der Waals surface area (Å²) in [5.41, 5.74) is -1.07. The summed E-state index contributed by atoms with van der Waals surface area (Å²) >= 11 is 5.89. The molecule has 3 rings (SSSR count). The van der Waals surface area contributed by atoms with Gasteiger partial charge < -0.3 is 14.2 Å². The highest BCUT2D eigenvalue weighted by Crippen LogP contribution is 2.37. The Bertz CT molecular complexity index is 1320. The van der Waals surface area contributed by atoms with Gasteiger partial charge in [-0.25, -0.2) is 18.2 Å². The molecule has 3 aromatic rings. The second-order valence-corrected chi connectivity index (χ2v) is 9.37. The smallest absolute Gasteiger partial charge is 0.417 e. The number of pyridine rings is 1. The van der Waals surface area contributed by atoms with Crippen LogP contribution in [0.2, 0.25) is 5.02 Å². The van der Waals surface area contributed by atoms with Crippen LogP contribution in [-0.2, 0) is 25.5 Å². The zero-order chi connectivity index (χ0) is 25.8. The minimum absolute atomic E-state index is 0.0588. The number of alkyl halides is 3. The van der Waals surface area contributed by atoms with Gasteiger partial charge in [-0.1, -0.05) is 29.8 Å². The summed E-state index contributed by atoms with van der Waals surface area (Å²) in [4.78, 5) is 15.2. The average molecular weight is 530 g/mol. The highest BCUT2D eigenvalue weighted by atomic mass is 35.5. The Balaban J connectivity index is 2.03. The van der Waals surface area contributed by atoms with Crippen molar-refractivity contribution >= 4 is 27.4 Å². The zero-order valence-electron chi connectivity index (χ0n) is 18.4. The van der Waals surface area contributed by atoms with Crippen molar-refractivity contribution in [2.24, 2.45) is 0 Å². The predicted octanol–water partition coefficient (Wildman–Crippen LogP) is 5.71. The maximum atomic E-state index is 13.3. The van der Waals surface area contributed by atoms with Gasteiger partial charge in [-0.3, -0.25) is 0 Å². The van der Waals surface area contributed by atoms with Crippen LogP contribution < -0.4 is 9.47 Å². The molecule has 0 saturated carbocycles. The SMILES string of the molecule is CCOC(=O)[C@@H](C)Oc1ccc(Oc2ncc(C(F)(F)F)cc2Cl)cc1S(=O)(=O)c1ccccc1. The number of esters is 1. The van der Waals surface area contributed by atoms with E-state index in [1.54, 1.807) is 13.0 Å². The summed E-state index contributed by atoms with van der Waals surface area (Å²) < 4.78 is 81.2. The average Bonchev–Trinajstić information content (AvgIpc) is 2.81. The van der Waals surface area contributed by atoms with Crippen LogP contribution in [-0.4, -0.2) is 32.1 Å². The molecule has 1 heterocycles. The van der Waals surface area contributed by atoms with Crippen molar-refractivity contribution in [3.63, 3.8) is 0 Å². The van der Waals surface area contributed by atoms with Crippen molar-refractivity contribution in [1.29, 1.82) is 0 Å². The Morgan fingerprint density at radius 3 is 2.40 bits per heavy atom. The molecule has 12 heteroatoms. The quantitative estimate of drug-likeness (QED) is 0.345. The maximum Gasteiger partial charge on any atom is 0.417 e. The number of hydrogen-bond donors (Lipinski definition) is 0. The van der Waals surface area contributed by atoms with Crippen LogP contribution in [0.25, 0.3) is 0 Å². The van der Waals surface area contributed by atoms with Gasteiger partial charge >= 0.3 is 12.1 Å². The van der Waals surface area contributed by atoms with Crippen molar-refractivity contribution in [3.8, 4) is 17.4 Å². The fraction of sp³-hybridized carbons (Fsp3) is 0.217. The van der Waals surface area contributed by atoms with Crippen molar-refractivity contribution in [1.82, 2.24) is 4.98 Å². The van der Waals surface area contributed by atoms with Gasteiger partial charge in [0, 0.05) is 12.3 Å². The molecular formula is C23H19ClF3NO6S. The van der Waals surface area contributed by atoms with Crippen LogP contribution in [0, 0.1) is 0 Å². The predicted molar refractivity (Wildman–Crippen MR) is 119 cm³/mol. The van der Waals surface area contributed by atoms with E-state index in [2.05, 4.69) is 4.98 Å². The van der Waals surface area contributed by atoms with E-state index in [0.717, 1.165) is 6.07 Å². The molecular weight excluding hydrogens is 511 g/mol.